The second kappa shape index (κ2) is 3.17. The maximum absolute atomic E-state index is 4.39. The van der Waals surface area contributed by atoms with Gasteiger partial charge in [0.05, 0.1) is 5.69 Å². The van der Waals surface area contributed by atoms with Gasteiger partial charge in [0.1, 0.15) is 0 Å². The van der Waals surface area contributed by atoms with Gasteiger partial charge in [-0.2, -0.15) is 0 Å². The number of rotatable bonds is 0. The Labute approximate surface area is 78.8 Å². The molecule has 1 nitrogen and oxygen atoms in total. The predicted octanol–water partition coefficient (Wildman–Crippen LogP) is 3.50. The molecule has 13 heavy (non-hydrogen) atoms. The number of hydrogen-bond donors (Lipinski definition) is 0. The summed E-state index contributed by atoms with van der Waals surface area (Å²) in [6.07, 6.45) is 5.11. The minimum absolute atomic E-state index is 0.965. The quantitative estimate of drug-likeness (QED) is 0.566. The number of aryl methyl sites for hydroxylation is 1. The van der Waals surface area contributed by atoms with Crippen LogP contribution in [0.5, 0.6) is 0 Å². The maximum atomic E-state index is 4.39. The maximum Gasteiger partial charge on any atom is 0.0703 e. The predicted molar refractivity (Wildman–Crippen MR) is 57.6 cm³/mol. The van der Waals surface area contributed by atoms with Gasteiger partial charge in [-0.1, -0.05) is 18.2 Å². The number of hydrogen-bond acceptors (Lipinski definition) is 1. The third-order valence-electron chi connectivity index (χ3n) is 2.39. The molecular formula is C12H13N. The van der Waals surface area contributed by atoms with E-state index in [2.05, 4.69) is 43.1 Å². The van der Waals surface area contributed by atoms with Crippen LogP contribution in [-0.2, 0) is 0 Å². The summed E-state index contributed by atoms with van der Waals surface area (Å²) >= 11 is 0. The standard InChI is InChI=1S/C12H13N/c1-3-10-6-7-13-12-8-9(2)4-5-11(10)12/h3-5,7-8H,6H2,1-2H3/b10-3+. The Bertz CT molecular complexity index is 386. The van der Waals surface area contributed by atoms with Gasteiger partial charge in [-0.15, -0.1) is 0 Å². The second-order valence-electron chi connectivity index (χ2n) is 3.35. The van der Waals surface area contributed by atoms with Gasteiger partial charge >= 0.3 is 0 Å². The fourth-order valence-electron chi connectivity index (χ4n) is 1.65. The normalized spacial score (nSPS) is 17.5. The zero-order chi connectivity index (χ0) is 9.26. The Morgan fingerprint density at radius 2 is 2.23 bits per heavy atom. The van der Waals surface area contributed by atoms with Crippen molar-refractivity contribution in [3.05, 3.63) is 35.4 Å². The van der Waals surface area contributed by atoms with Gasteiger partial charge in [-0.05, 0) is 31.1 Å². The van der Waals surface area contributed by atoms with Crippen LogP contribution in [0, 0.1) is 6.92 Å². The minimum Gasteiger partial charge on any atom is -0.260 e. The van der Waals surface area contributed by atoms with E-state index in [0.29, 0.717) is 0 Å². The molecule has 1 aromatic rings. The summed E-state index contributed by atoms with van der Waals surface area (Å²) in [5, 5.41) is 0. The zero-order valence-corrected chi connectivity index (χ0v) is 8.04. The largest absolute Gasteiger partial charge is 0.260 e. The number of allylic oxidation sites excluding steroid dienone is 2. The van der Waals surface area contributed by atoms with Crippen LogP contribution in [0.2, 0.25) is 0 Å². The minimum atomic E-state index is 0.965. The van der Waals surface area contributed by atoms with E-state index >= 15 is 0 Å². The molecule has 0 radical (unpaired) electrons. The van der Waals surface area contributed by atoms with Crippen LogP contribution >= 0.6 is 0 Å². The average molecular weight is 171 g/mol. The first-order valence-corrected chi connectivity index (χ1v) is 4.60. The summed E-state index contributed by atoms with van der Waals surface area (Å²) in [7, 11) is 0. The lowest BCUT2D eigenvalue weighted by molar-refractivity contribution is 1.33. The highest BCUT2D eigenvalue weighted by molar-refractivity contribution is 5.89. The zero-order valence-electron chi connectivity index (χ0n) is 8.04. The number of aliphatic imine (C=N–C) groups is 1. The molecule has 1 aliphatic rings. The summed E-state index contributed by atoms with van der Waals surface area (Å²) in [4.78, 5) is 4.39. The van der Waals surface area contributed by atoms with E-state index < -0.39 is 0 Å². The Hall–Kier alpha value is -1.37. The molecule has 0 aromatic heterocycles. The number of benzene rings is 1. The Kier molecular flexibility index (Phi) is 2.01. The molecule has 0 saturated heterocycles. The molecule has 1 heterocycles. The van der Waals surface area contributed by atoms with Crippen molar-refractivity contribution in [1.29, 1.82) is 0 Å². The molecule has 0 N–H and O–H groups in total. The monoisotopic (exact) mass is 171 g/mol. The number of nitrogens with zero attached hydrogens (tertiary/aromatic N) is 1. The van der Waals surface area contributed by atoms with E-state index in [4.69, 9.17) is 0 Å². The van der Waals surface area contributed by atoms with E-state index in [1.165, 1.54) is 16.7 Å². The highest BCUT2D eigenvalue weighted by Crippen LogP contribution is 2.32. The van der Waals surface area contributed by atoms with Crippen molar-refractivity contribution >= 4 is 17.5 Å². The van der Waals surface area contributed by atoms with Crippen LogP contribution in [0.25, 0.3) is 5.57 Å². The molecule has 0 amide bonds. The van der Waals surface area contributed by atoms with Crippen molar-refractivity contribution in [3.63, 3.8) is 0 Å². The van der Waals surface area contributed by atoms with Gasteiger partial charge in [-0.3, -0.25) is 4.99 Å². The molecular weight excluding hydrogens is 158 g/mol. The van der Waals surface area contributed by atoms with Crippen LogP contribution in [0.1, 0.15) is 24.5 Å². The van der Waals surface area contributed by atoms with E-state index in [9.17, 15) is 0 Å². The third-order valence-corrected chi connectivity index (χ3v) is 2.39. The van der Waals surface area contributed by atoms with Crippen molar-refractivity contribution < 1.29 is 0 Å². The van der Waals surface area contributed by atoms with Crippen LogP contribution in [0.3, 0.4) is 0 Å². The van der Waals surface area contributed by atoms with E-state index in [0.717, 1.165) is 12.1 Å². The molecule has 66 valence electrons. The molecule has 1 aliphatic heterocycles. The van der Waals surface area contributed by atoms with E-state index in [1.54, 1.807) is 0 Å². The molecule has 0 atom stereocenters. The van der Waals surface area contributed by atoms with E-state index in [1.807, 2.05) is 6.21 Å². The summed E-state index contributed by atoms with van der Waals surface area (Å²) in [6.45, 7) is 4.18. The lowest BCUT2D eigenvalue weighted by Gasteiger charge is -2.13. The summed E-state index contributed by atoms with van der Waals surface area (Å²) in [5.74, 6) is 0. The first kappa shape index (κ1) is 8.24. The highest BCUT2D eigenvalue weighted by Gasteiger charge is 2.09. The van der Waals surface area contributed by atoms with Gasteiger partial charge in [0, 0.05) is 18.2 Å². The lowest BCUT2D eigenvalue weighted by atomic mass is 9.97. The van der Waals surface area contributed by atoms with E-state index in [-0.39, 0.29) is 0 Å². The fraction of sp³-hybridized carbons (Fsp3) is 0.250. The topological polar surface area (TPSA) is 12.4 Å². The van der Waals surface area contributed by atoms with Gasteiger partial charge < -0.3 is 0 Å². The van der Waals surface area contributed by atoms with Crippen molar-refractivity contribution in [3.8, 4) is 0 Å². The van der Waals surface area contributed by atoms with Crippen LogP contribution < -0.4 is 0 Å². The summed E-state index contributed by atoms with van der Waals surface area (Å²) in [5.41, 5.74) is 5.05. The molecule has 0 bridgehead atoms. The van der Waals surface area contributed by atoms with Crippen molar-refractivity contribution in [2.45, 2.75) is 20.3 Å². The second-order valence-corrected chi connectivity index (χ2v) is 3.35. The summed E-state index contributed by atoms with van der Waals surface area (Å²) < 4.78 is 0. The van der Waals surface area contributed by atoms with Crippen molar-refractivity contribution in [2.75, 3.05) is 0 Å². The molecule has 0 unspecified atom stereocenters. The molecule has 0 aliphatic carbocycles. The molecule has 0 saturated carbocycles. The lowest BCUT2D eigenvalue weighted by Crippen LogP contribution is -1.93. The van der Waals surface area contributed by atoms with Gasteiger partial charge in [0.2, 0.25) is 0 Å². The Balaban J connectivity index is 2.60. The van der Waals surface area contributed by atoms with Crippen LogP contribution in [0.15, 0.2) is 29.3 Å². The molecule has 1 heteroatoms. The van der Waals surface area contributed by atoms with Crippen LogP contribution in [0.4, 0.5) is 5.69 Å². The highest BCUT2D eigenvalue weighted by atomic mass is 14.7. The smallest absolute Gasteiger partial charge is 0.0703 e. The summed E-state index contributed by atoms with van der Waals surface area (Å²) in [6, 6.07) is 6.44. The first-order valence-electron chi connectivity index (χ1n) is 4.60. The first-order chi connectivity index (χ1) is 6.31. The molecule has 1 aromatic carbocycles. The van der Waals surface area contributed by atoms with Gasteiger partial charge in [0.15, 0.2) is 0 Å². The Morgan fingerprint density at radius 3 is 3.00 bits per heavy atom. The molecule has 0 fully saturated rings. The fourth-order valence-corrected chi connectivity index (χ4v) is 1.65. The average Bonchev–Trinajstić information content (AvgIpc) is 2.16. The SMILES string of the molecule is C/C=C1\CC=Nc2cc(C)ccc21. The van der Waals surface area contributed by atoms with Crippen molar-refractivity contribution in [1.82, 2.24) is 0 Å². The van der Waals surface area contributed by atoms with Gasteiger partial charge in [0.25, 0.3) is 0 Å². The number of fused-ring (bicyclic) bond motifs is 1. The molecule has 0 spiro atoms. The third kappa shape index (κ3) is 1.42. The van der Waals surface area contributed by atoms with Crippen LogP contribution in [-0.4, -0.2) is 6.21 Å². The Morgan fingerprint density at radius 1 is 1.38 bits per heavy atom. The van der Waals surface area contributed by atoms with Crippen molar-refractivity contribution in [2.24, 2.45) is 4.99 Å². The molecule has 2 rings (SSSR count). The van der Waals surface area contributed by atoms with Gasteiger partial charge in [-0.25, -0.2) is 0 Å².